The second-order valence-electron chi connectivity index (χ2n) is 10.1. The van der Waals surface area contributed by atoms with Gasteiger partial charge in [-0.2, -0.15) is 0 Å². The van der Waals surface area contributed by atoms with E-state index in [9.17, 15) is 19.1 Å². The quantitative estimate of drug-likeness (QED) is 0.375. The van der Waals surface area contributed by atoms with Gasteiger partial charge in [0.1, 0.15) is 17.3 Å². The Labute approximate surface area is 243 Å². The van der Waals surface area contributed by atoms with Gasteiger partial charge in [0, 0.05) is 25.5 Å². The van der Waals surface area contributed by atoms with Gasteiger partial charge in [-0.05, 0) is 82.3 Å². The van der Waals surface area contributed by atoms with Crippen LogP contribution in [0.15, 0.2) is 60.4 Å². The topological polar surface area (TPSA) is 110 Å². The highest BCUT2D eigenvalue weighted by Gasteiger charge is 2.33. The van der Waals surface area contributed by atoms with Gasteiger partial charge in [0.15, 0.2) is 0 Å². The second kappa shape index (κ2) is 12.4. The number of nitrogens with one attached hydrogen (secondary N) is 1. The van der Waals surface area contributed by atoms with E-state index in [1.165, 1.54) is 31.3 Å². The number of benzene rings is 2. The van der Waals surface area contributed by atoms with Gasteiger partial charge < -0.3 is 24.6 Å². The van der Waals surface area contributed by atoms with Crippen molar-refractivity contribution in [2.45, 2.75) is 25.9 Å². The summed E-state index contributed by atoms with van der Waals surface area (Å²) in [4.78, 5) is 30.3. The maximum absolute atomic E-state index is 14.4. The minimum Gasteiger partial charge on any atom is -0.496 e. The van der Waals surface area contributed by atoms with E-state index >= 15 is 0 Å². The summed E-state index contributed by atoms with van der Waals surface area (Å²) in [6.07, 6.45) is 4.34. The first kappa shape index (κ1) is 28.8. The minimum absolute atomic E-state index is 0.0815. The summed E-state index contributed by atoms with van der Waals surface area (Å²) < 4.78 is 31.4. The zero-order valence-electron chi connectivity index (χ0n) is 23.6. The lowest BCUT2D eigenvalue weighted by molar-refractivity contribution is -0.120. The summed E-state index contributed by atoms with van der Waals surface area (Å²) in [5.74, 6) is 0.338. The van der Waals surface area contributed by atoms with Crippen LogP contribution in [0.5, 0.6) is 11.5 Å². The maximum atomic E-state index is 14.4. The summed E-state index contributed by atoms with van der Waals surface area (Å²) >= 11 is 0. The molecule has 3 aromatic rings. The third-order valence-corrected chi connectivity index (χ3v) is 7.59. The Balaban J connectivity index is 1.50. The number of aromatic nitrogens is 1. The fraction of sp³-hybridized carbons (Fsp3) is 0.281. The molecular formula is C32H32FN3O6. The van der Waals surface area contributed by atoms with Crippen molar-refractivity contribution in [3.8, 4) is 11.5 Å². The number of ether oxygens (including phenoxy) is 3. The van der Waals surface area contributed by atoms with Crippen molar-refractivity contribution in [1.29, 1.82) is 0 Å². The monoisotopic (exact) mass is 573 g/mol. The largest absolute Gasteiger partial charge is 0.496 e. The van der Waals surface area contributed by atoms with Crippen LogP contribution in [0, 0.1) is 5.82 Å². The number of carboxylic acid groups (broad SMARTS) is 1. The first-order valence-electron chi connectivity index (χ1n) is 13.5. The normalized spacial score (nSPS) is 17.3. The Kier molecular flexibility index (Phi) is 8.53. The number of allylic oxidation sites excluding steroid dienone is 2. The van der Waals surface area contributed by atoms with Crippen LogP contribution < -0.4 is 14.8 Å². The van der Waals surface area contributed by atoms with E-state index in [1.807, 2.05) is 37.3 Å². The Bertz CT molecular complexity index is 1540. The number of rotatable bonds is 8. The third kappa shape index (κ3) is 5.84. The standard InChI is InChI=1S/C32H32FN3O6/c1-19-24(11-21-12-28(40-2)31(29(13-21)41-3)27-18-42-10-9-36(27)32(38)39)23-7-6-22(33)14-26(23)25(19)15-30(37)35-17-20-5-4-8-34-16-20/h4-8,11-14,16,27H,9-10,15,17-18H2,1-3H3,(H,35,37)(H,38,39)/b24-11-. The molecule has 0 bridgehead atoms. The van der Waals surface area contributed by atoms with Crippen LogP contribution in [0.1, 0.15) is 47.2 Å². The van der Waals surface area contributed by atoms with Gasteiger partial charge in [-0.1, -0.05) is 12.1 Å². The van der Waals surface area contributed by atoms with E-state index in [0.717, 1.165) is 33.4 Å². The Hall–Kier alpha value is -4.70. The number of carbonyl (C=O) groups is 2. The van der Waals surface area contributed by atoms with Crippen LogP contribution in [0.3, 0.4) is 0 Å². The summed E-state index contributed by atoms with van der Waals surface area (Å²) in [6.45, 7) is 2.98. The second-order valence-corrected chi connectivity index (χ2v) is 10.1. The summed E-state index contributed by atoms with van der Waals surface area (Å²) in [7, 11) is 3.04. The number of hydrogen-bond acceptors (Lipinski definition) is 6. The van der Waals surface area contributed by atoms with E-state index in [0.29, 0.717) is 35.8 Å². The molecule has 10 heteroatoms. The van der Waals surface area contributed by atoms with Gasteiger partial charge in [0.2, 0.25) is 5.91 Å². The van der Waals surface area contributed by atoms with Gasteiger partial charge in [0.05, 0.1) is 45.5 Å². The molecule has 5 rings (SSSR count). The van der Waals surface area contributed by atoms with Crippen molar-refractivity contribution in [3.05, 3.63) is 94.1 Å². The Morgan fingerprint density at radius 3 is 2.60 bits per heavy atom. The van der Waals surface area contributed by atoms with Crippen LogP contribution in [-0.2, 0) is 16.1 Å². The molecule has 0 spiro atoms. The lowest BCUT2D eigenvalue weighted by atomic mass is 9.97. The predicted molar refractivity (Wildman–Crippen MR) is 155 cm³/mol. The number of fused-ring (bicyclic) bond motifs is 1. The molecule has 0 radical (unpaired) electrons. The molecule has 42 heavy (non-hydrogen) atoms. The van der Waals surface area contributed by atoms with Crippen molar-refractivity contribution in [2.24, 2.45) is 0 Å². The lowest BCUT2D eigenvalue weighted by Gasteiger charge is -2.35. The minimum atomic E-state index is -1.05. The zero-order chi connectivity index (χ0) is 29.8. The Morgan fingerprint density at radius 2 is 1.93 bits per heavy atom. The van der Waals surface area contributed by atoms with Crippen molar-refractivity contribution >= 4 is 29.2 Å². The van der Waals surface area contributed by atoms with E-state index in [-0.39, 0.29) is 31.3 Å². The predicted octanol–water partition coefficient (Wildman–Crippen LogP) is 5.32. The number of hydrogen-bond donors (Lipinski definition) is 2. The summed E-state index contributed by atoms with van der Waals surface area (Å²) in [5.41, 5.74) is 6.11. The molecule has 1 saturated heterocycles. The molecule has 2 N–H and O–H groups in total. The van der Waals surface area contributed by atoms with E-state index in [1.54, 1.807) is 18.5 Å². The number of halogens is 1. The molecule has 218 valence electrons. The number of methoxy groups -OCH3 is 2. The van der Waals surface area contributed by atoms with Gasteiger partial charge in [-0.3, -0.25) is 14.7 Å². The van der Waals surface area contributed by atoms with Crippen LogP contribution in [-0.4, -0.2) is 61.0 Å². The first-order chi connectivity index (χ1) is 20.3. The highest BCUT2D eigenvalue weighted by molar-refractivity contribution is 6.08. The fourth-order valence-electron chi connectivity index (χ4n) is 5.52. The third-order valence-electron chi connectivity index (χ3n) is 7.59. The molecule has 1 unspecified atom stereocenters. The SMILES string of the molecule is COc1cc(/C=C2/C(C)=C(CC(=O)NCc3cccnc3)c3cc(F)ccc32)cc(OC)c1C1COCCN1C(=O)O. The number of nitrogens with zero attached hydrogens (tertiary/aromatic N) is 2. The number of carbonyl (C=O) groups excluding carboxylic acids is 1. The number of pyridine rings is 1. The van der Waals surface area contributed by atoms with Crippen molar-refractivity contribution < 1.29 is 33.3 Å². The van der Waals surface area contributed by atoms with Crippen LogP contribution in [0.4, 0.5) is 9.18 Å². The molecule has 1 fully saturated rings. The highest BCUT2D eigenvalue weighted by Crippen LogP contribution is 2.45. The number of amides is 2. The van der Waals surface area contributed by atoms with E-state index in [4.69, 9.17) is 14.2 Å². The van der Waals surface area contributed by atoms with Gasteiger partial charge >= 0.3 is 6.09 Å². The zero-order valence-corrected chi connectivity index (χ0v) is 23.6. The number of morpholine rings is 1. The van der Waals surface area contributed by atoms with Crippen LogP contribution in [0.2, 0.25) is 0 Å². The van der Waals surface area contributed by atoms with Gasteiger partial charge in [-0.15, -0.1) is 0 Å². The van der Waals surface area contributed by atoms with Crippen LogP contribution in [0.25, 0.3) is 17.2 Å². The molecule has 2 heterocycles. The highest BCUT2D eigenvalue weighted by atomic mass is 19.1. The molecule has 1 aliphatic carbocycles. The summed E-state index contributed by atoms with van der Waals surface area (Å²) in [5, 5.41) is 12.7. The lowest BCUT2D eigenvalue weighted by Crippen LogP contribution is -2.42. The van der Waals surface area contributed by atoms with E-state index < -0.39 is 12.1 Å². The molecular weight excluding hydrogens is 541 g/mol. The van der Waals surface area contributed by atoms with E-state index in [2.05, 4.69) is 10.3 Å². The smallest absolute Gasteiger partial charge is 0.407 e. The fourth-order valence-corrected chi connectivity index (χ4v) is 5.52. The molecule has 1 aliphatic heterocycles. The van der Waals surface area contributed by atoms with Gasteiger partial charge in [0.25, 0.3) is 0 Å². The Morgan fingerprint density at radius 1 is 1.17 bits per heavy atom. The molecule has 9 nitrogen and oxygen atoms in total. The molecule has 0 saturated carbocycles. The molecule has 2 aliphatic rings. The van der Waals surface area contributed by atoms with Crippen molar-refractivity contribution in [3.63, 3.8) is 0 Å². The van der Waals surface area contributed by atoms with Gasteiger partial charge in [-0.25, -0.2) is 9.18 Å². The molecule has 1 aromatic heterocycles. The first-order valence-corrected chi connectivity index (χ1v) is 13.5. The maximum Gasteiger partial charge on any atom is 0.407 e. The molecule has 2 aromatic carbocycles. The average molecular weight is 574 g/mol. The van der Waals surface area contributed by atoms with Crippen molar-refractivity contribution in [1.82, 2.24) is 15.2 Å². The van der Waals surface area contributed by atoms with Crippen molar-refractivity contribution in [2.75, 3.05) is 34.0 Å². The summed E-state index contributed by atoms with van der Waals surface area (Å²) in [6, 6.07) is 11.3. The molecule has 1 atom stereocenters. The molecule has 2 amide bonds. The van der Waals surface area contributed by atoms with Crippen LogP contribution >= 0.6 is 0 Å². The average Bonchev–Trinajstić information content (AvgIpc) is 3.25.